The first kappa shape index (κ1) is 14.0. The van der Waals surface area contributed by atoms with Crippen LogP contribution in [0.1, 0.15) is 42.9 Å². The van der Waals surface area contributed by atoms with E-state index in [0.29, 0.717) is 0 Å². The number of benzene rings is 1. The van der Waals surface area contributed by atoms with Gasteiger partial charge < -0.3 is 5.32 Å². The van der Waals surface area contributed by atoms with E-state index < -0.39 is 0 Å². The third-order valence-corrected chi connectivity index (χ3v) is 5.32. The SMILES string of the molecule is CCSC1CCC(NCc2cccc(C)c2C)C1. The lowest BCUT2D eigenvalue weighted by atomic mass is 10.0. The molecule has 0 aromatic heterocycles. The van der Waals surface area contributed by atoms with Crippen molar-refractivity contribution in [1.82, 2.24) is 5.32 Å². The second-order valence-electron chi connectivity index (χ2n) is 5.33. The van der Waals surface area contributed by atoms with E-state index in [9.17, 15) is 0 Å². The second-order valence-corrected chi connectivity index (χ2v) is 6.90. The number of rotatable bonds is 5. The summed E-state index contributed by atoms with van der Waals surface area (Å²) in [6, 6.07) is 7.35. The van der Waals surface area contributed by atoms with Crippen LogP contribution in [0.2, 0.25) is 0 Å². The lowest BCUT2D eigenvalue weighted by molar-refractivity contribution is 0.524. The Labute approximate surface area is 116 Å². The summed E-state index contributed by atoms with van der Waals surface area (Å²) in [5.41, 5.74) is 4.31. The fraction of sp³-hybridized carbons (Fsp3) is 0.625. The van der Waals surface area contributed by atoms with Gasteiger partial charge in [0.05, 0.1) is 0 Å². The molecule has 0 bridgehead atoms. The molecule has 1 aromatic carbocycles. The minimum absolute atomic E-state index is 0.731. The zero-order valence-electron chi connectivity index (χ0n) is 11.8. The van der Waals surface area contributed by atoms with Crippen molar-refractivity contribution in [3.63, 3.8) is 0 Å². The van der Waals surface area contributed by atoms with Gasteiger partial charge in [0.1, 0.15) is 0 Å². The molecule has 0 heterocycles. The largest absolute Gasteiger partial charge is 0.310 e. The van der Waals surface area contributed by atoms with Crippen molar-refractivity contribution in [2.45, 2.75) is 57.9 Å². The molecule has 0 radical (unpaired) electrons. The van der Waals surface area contributed by atoms with Crippen LogP contribution in [0, 0.1) is 13.8 Å². The molecule has 0 saturated heterocycles. The Bertz CT molecular complexity index is 389. The normalized spacial score (nSPS) is 23.5. The third-order valence-electron chi connectivity index (χ3n) is 4.08. The van der Waals surface area contributed by atoms with Gasteiger partial charge in [-0.25, -0.2) is 0 Å². The van der Waals surface area contributed by atoms with E-state index in [1.54, 1.807) is 0 Å². The fourth-order valence-corrected chi connectivity index (χ4v) is 3.91. The highest BCUT2D eigenvalue weighted by molar-refractivity contribution is 7.99. The van der Waals surface area contributed by atoms with Gasteiger partial charge in [-0.05, 0) is 55.6 Å². The van der Waals surface area contributed by atoms with Gasteiger partial charge in [-0.15, -0.1) is 0 Å². The molecule has 1 aromatic rings. The highest BCUT2D eigenvalue weighted by atomic mass is 32.2. The van der Waals surface area contributed by atoms with Crippen molar-refractivity contribution in [1.29, 1.82) is 0 Å². The maximum atomic E-state index is 3.74. The minimum Gasteiger partial charge on any atom is -0.310 e. The molecule has 2 atom stereocenters. The highest BCUT2D eigenvalue weighted by Crippen LogP contribution is 2.29. The van der Waals surface area contributed by atoms with Crippen molar-refractivity contribution in [3.05, 3.63) is 34.9 Å². The number of hydrogen-bond donors (Lipinski definition) is 1. The Hall–Kier alpha value is -0.470. The van der Waals surface area contributed by atoms with E-state index in [1.807, 2.05) is 0 Å². The minimum atomic E-state index is 0.731. The van der Waals surface area contributed by atoms with E-state index in [2.05, 4.69) is 56.0 Å². The van der Waals surface area contributed by atoms with Crippen LogP contribution in [-0.2, 0) is 6.54 Å². The van der Waals surface area contributed by atoms with Crippen LogP contribution in [0.5, 0.6) is 0 Å². The fourth-order valence-electron chi connectivity index (χ4n) is 2.77. The van der Waals surface area contributed by atoms with E-state index >= 15 is 0 Å². The van der Waals surface area contributed by atoms with Crippen molar-refractivity contribution >= 4 is 11.8 Å². The summed E-state index contributed by atoms with van der Waals surface area (Å²) < 4.78 is 0. The molecule has 18 heavy (non-hydrogen) atoms. The molecule has 0 aliphatic heterocycles. The quantitative estimate of drug-likeness (QED) is 0.859. The first-order chi connectivity index (χ1) is 8.70. The van der Waals surface area contributed by atoms with Crippen molar-refractivity contribution in [3.8, 4) is 0 Å². The molecule has 0 spiro atoms. The Morgan fingerprint density at radius 3 is 2.89 bits per heavy atom. The lowest BCUT2D eigenvalue weighted by Gasteiger charge is -2.15. The number of thioether (sulfide) groups is 1. The van der Waals surface area contributed by atoms with Crippen LogP contribution in [-0.4, -0.2) is 17.0 Å². The van der Waals surface area contributed by atoms with Gasteiger partial charge in [0, 0.05) is 17.8 Å². The highest BCUT2D eigenvalue weighted by Gasteiger charge is 2.23. The van der Waals surface area contributed by atoms with Crippen LogP contribution in [0.25, 0.3) is 0 Å². The van der Waals surface area contributed by atoms with Crippen molar-refractivity contribution in [2.75, 3.05) is 5.75 Å². The lowest BCUT2D eigenvalue weighted by Crippen LogP contribution is -2.26. The van der Waals surface area contributed by atoms with Gasteiger partial charge in [0.15, 0.2) is 0 Å². The first-order valence-corrected chi connectivity index (χ1v) is 8.15. The molecular formula is C16H25NS. The summed E-state index contributed by atoms with van der Waals surface area (Å²) in [5, 5.41) is 4.64. The molecular weight excluding hydrogens is 238 g/mol. The maximum absolute atomic E-state index is 3.74. The third kappa shape index (κ3) is 3.52. The van der Waals surface area contributed by atoms with Gasteiger partial charge in [-0.2, -0.15) is 11.8 Å². The molecule has 1 aliphatic carbocycles. The van der Waals surface area contributed by atoms with Crippen LogP contribution in [0.4, 0.5) is 0 Å². The molecule has 0 amide bonds. The average Bonchev–Trinajstić information content (AvgIpc) is 2.79. The Kier molecular flexibility index (Phi) is 5.13. The monoisotopic (exact) mass is 263 g/mol. The first-order valence-electron chi connectivity index (χ1n) is 7.10. The molecule has 2 unspecified atom stereocenters. The molecule has 1 nitrogen and oxygen atoms in total. The van der Waals surface area contributed by atoms with E-state index in [0.717, 1.165) is 17.8 Å². The summed E-state index contributed by atoms with van der Waals surface area (Å²) in [4.78, 5) is 0. The predicted molar refractivity (Wildman–Crippen MR) is 82.3 cm³/mol. The van der Waals surface area contributed by atoms with E-state index in [1.165, 1.54) is 41.7 Å². The van der Waals surface area contributed by atoms with Crippen LogP contribution < -0.4 is 5.32 Å². The molecule has 1 aliphatic rings. The Balaban J connectivity index is 1.83. The zero-order valence-corrected chi connectivity index (χ0v) is 12.6. The van der Waals surface area contributed by atoms with Crippen molar-refractivity contribution in [2.24, 2.45) is 0 Å². The smallest absolute Gasteiger partial charge is 0.0210 e. The number of hydrogen-bond acceptors (Lipinski definition) is 2. The molecule has 100 valence electrons. The van der Waals surface area contributed by atoms with Gasteiger partial charge in [0.25, 0.3) is 0 Å². The van der Waals surface area contributed by atoms with Crippen LogP contribution >= 0.6 is 11.8 Å². The maximum Gasteiger partial charge on any atom is 0.0210 e. The molecule has 2 heteroatoms. The summed E-state index contributed by atoms with van der Waals surface area (Å²) in [6.07, 6.45) is 4.09. The Morgan fingerprint density at radius 1 is 1.28 bits per heavy atom. The Morgan fingerprint density at radius 2 is 2.11 bits per heavy atom. The summed E-state index contributed by atoms with van der Waals surface area (Å²) in [5.74, 6) is 1.26. The average molecular weight is 263 g/mol. The van der Waals surface area contributed by atoms with Gasteiger partial charge >= 0.3 is 0 Å². The summed E-state index contributed by atoms with van der Waals surface area (Å²) >= 11 is 2.13. The van der Waals surface area contributed by atoms with Crippen LogP contribution in [0.3, 0.4) is 0 Å². The van der Waals surface area contributed by atoms with Gasteiger partial charge in [0.2, 0.25) is 0 Å². The van der Waals surface area contributed by atoms with E-state index in [4.69, 9.17) is 0 Å². The summed E-state index contributed by atoms with van der Waals surface area (Å²) in [7, 11) is 0. The molecule has 1 fully saturated rings. The van der Waals surface area contributed by atoms with Crippen LogP contribution in [0.15, 0.2) is 18.2 Å². The standard InChI is InChI=1S/C16H25NS/c1-4-18-16-9-8-15(10-16)17-11-14-7-5-6-12(2)13(14)3/h5-7,15-17H,4,8-11H2,1-3H3. The predicted octanol–water partition coefficient (Wildman–Crippen LogP) is 4.07. The van der Waals surface area contributed by atoms with Crippen molar-refractivity contribution < 1.29 is 0 Å². The summed E-state index contributed by atoms with van der Waals surface area (Å²) in [6.45, 7) is 7.72. The van der Waals surface area contributed by atoms with Gasteiger partial charge in [-0.3, -0.25) is 0 Å². The molecule has 1 N–H and O–H groups in total. The zero-order chi connectivity index (χ0) is 13.0. The number of aryl methyl sites for hydroxylation is 1. The molecule has 1 saturated carbocycles. The second kappa shape index (κ2) is 6.63. The topological polar surface area (TPSA) is 12.0 Å². The number of nitrogens with one attached hydrogen (secondary N) is 1. The van der Waals surface area contributed by atoms with Gasteiger partial charge in [-0.1, -0.05) is 25.1 Å². The van der Waals surface area contributed by atoms with E-state index in [-0.39, 0.29) is 0 Å². The molecule has 2 rings (SSSR count).